The highest BCUT2D eigenvalue weighted by atomic mass is 35.5. The lowest BCUT2D eigenvalue weighted by Crippen LogP contribution is -2.65. The summed E-state index contributed by atoms with van der Waals surface area (Å²) in [6.07, 6.45) is 2.75. The van der Waals surface area contributed by atoms with Crippen LogP contribution in [0.15, 0.2) is 18.2 Å². The Kier molecular flexibility index (Phi) is 3.96. The van der Waals surface area contributed by atoms with Gasteiger partial charge in [0.2, 0.25) is 0 Å². The van der Waals surface area contributed by atoms with Crippen LogP contribution in [0.2, 0.25) is 5.02 Å². The Morgan fingerprint density at radius 3 is 2.67 bits per heavy atom. The predicted octanol–water partition coefficient (Wildman–Crippen LogP) is 4.25. The van der Waals surface area contributed by atoms with Crippen LogP contribution in [0.1, 0.15) is 39.2 Å². The number of hydrogen-bond acceptors (Lipinski definition) is 2. The zero-order valence-corrected chi connectivity index (χ0v) is 14.4. The topological polar surface area (TPSA) is 15.3 Å². The van der Waals surface area contributed by atoms with E-state index in [1.54, 1.807) is 0 Å². The summed E-state index contributed by atoms with van der Waals surface area (Å²) >= 11 is 6.36. The molecule has 1 aromatic rings. The van der Waals surface area contributed by atoms with Crippen molar-refractivity contribution in [1.82, 2.24) is 5.32 Å². The molecule has 1 saturated carbocycles. The van der Waals surface area contributed by atoms with Crippen molar-refractivity contribution in [2.45, 2.75) is 52.1 Å². The maximum absolute atomic E-state index is 6.36. The highest BCUT2D eigenvalue weighted by molar-refractivity contribution is 6.31. The molecule has 0 radical (unpaired) electrons. The number of piperazine rings is 1. The summed E-state index contributed by atoms with van der Waals surface area (Å²) in [5, 5.41) is 4.72. The van der Waals surface area contributed by atoms with Gasteiger partial charge in [-0.2, -0.15) is 0 Å². The van der Waals surface area contributed by atoms with Crippen LogP contribution >= 0.6 is 11.6 Å². The van der Waals surface area contributed by atoms with Gasteiger partial charge in [0, 0.05) is 35.4 Å². The molecule has 1 aliphatic heterocycles. The van der Waals surface area contributed by atoms with E-state index in [4.69, 9.17) is 11.6 Å². The largest absolute Gasteiger partial charge is 0.365 e. The van der Waals surface area contributed by atoms with Crippen molar-refractivity contribution in [2.75, 3.05) is 18.0 Å². The van der Waals surface area contributed by atoms with Crippen LogP contribution in [0.3, 0.4) is 0 Å². The van der Waals surface area contributed by atoms with Crippen LogP contribution in [-0.4, -0.2) is 24.7 Å². The van der Waals surface area contributed by atoms with Crippen LogP contribution in [-0.2, 0) is 0 Å². The Hall–Kier alpha value is -0.730. The van der Waals surface area contributed by atoms with Gasteiger partial charge in [0.15, 0.2) is 0 Å². The molecule has 3 heteroatoms. The molecule has 1 heterocycles. The van der Waals surface area contributed by atoms with Crippen LogP contribution in [0.4, 0.5) is 5.69 Å². The number of rotatable bonds is 3. The third kappa shape index (κ3) is 2.80. The molecule has 1 aliphatic carbocycles. The maximum atomic E-state index is 6.36. The van der Waals surface area contributed by atoms with Gasteiger partial charge < -0.3 is 10.2 Å². The number of halogens is 1. The van der Waals surface area contributed by atoms with E-state index in [0.717, 1.165) is 24.0 Å². The SMILES string of the molecule is Cc1c(Cl)cccc1N1CC(C)(C2CC2)NCC1C(C)C. The minimum Gasteiger partial charge on any atom is -0.365 e. The summed E-state index contributed by atoms with van der Waals surface area (Å²) in [6, 6.07) is 6.84. The summed E-state index contributed by atoms with van der Waals surface area (Å²) in [5.74, 6) is 1.47. The van der Waals surface area contributed by atoms with Gasteiger partial charge in [0.25, 0.3) is 0 Å². The van der Waals surface area contributed by atoms with Crippen LogP contribution in [0, 0.1) is 18.8 Å². The summed E-state index contributed by atoms with van der Waals surface area (Å²) in [7, 11) is 0. The Labute approximate surface area is 133 Å². The molecule has 2 fully saturated rings. The second-order valence-electron chi connectivity index (χ2n) is 7.40. The highest BCUT2D eigenvalue weighted by Crippen LogP contribution is 2.43. The first-order valence-electron chi connectivity index (χ1n) is 8.19. The summed E-state index contributed by atoms with van der Waals surface area (Å²) < 4.78 is 0. The maximum Gasteiger partial charge on any atom is 0.0455 e. The summed E-state index contributed by atoms with van der Waals surface area (Å²) in [6.45, 7) is 11.3. The second-order valence-corrected chi connectivity index (χ2v) is 7.80. The van der Waals surface area contributed by atoms with Crippen molar-refractivity contribution in [1.29, 1.82) is 0 Å². The first-order valence-corrected chi connectivity index (χ1v) is 8.57. The zero-order valence-electron chi connectivity index (χ0n) is 13.6. The molecule has 1 N–H and O–H groups in total. The number of hydrogen-bond donors (Lipinski definition) is 1. The van der Waals surface area contributed by atoms with Gasteiger partial charge in [-0.3, -0.25) is 0 Å². The molecule has 116 valence electrons. The van der Waals surface area contributed by atoms with Crippen molar-refractivity contribution in [3.05, 3.63) is 28.8 Å². The number of anilines is 1. The van der Waals surface area contributed by atoms with E-state index in [9.17, 15) is 0 Å². The van der Waals surface area contributed by atoms with E-state index < -0.39 is 0 Å². The van der Waals surface area contributed by atoms with Gasteiger partial charge in [-0.25, -0.2) is 0 Å². The van der Waals surface area contributed by atoms with E-state index in [-0.39, 0.29) is 5.54 Å². The third-order valence-corrected chi connectivity index (χ3v) is 5.82. The molecule has 21 heavy (non-hydrogen) atoms. The predicted molar refractivity (Wildman–Crippen MR) is 91.3 cm³/mol. The van der Waals surface area contributed by atoms with Crippen LogP contribution in [0.5, 0.6) is 0 Å². The molecule has 2 atom stereocenters. The van der Waals surface area contributed by atoms with E-state index in [0.29, 0.717) is 12.0 Å². The molecule has 0 spiro atoms. The molecule has 2 aliphatic rings. The number of nitrogens with zero attached hydrogens (tertiary/aromatic N) is 1. The average molecular weight is 307 g/mol. The molecule has 0 amide bonds. The van der Waals surface area contributed by atoms with E-state index in [2.05, 4.69) is 50.0 Å². The van der Waals surface area contributed by atoms with Crippen LogP contribution < -0.4 is 10.2 Å². The third-order valence-electron chi connectivity index (χ3n) is 5.41. The Morgan fingerprint density at radius 2 is 2.05 bits per heavy atom. The lowest BCUT2D eigenvalue weighted by Gasteiger charge is -2.49. The second kappa shape index (κ2) is 5.48. The Morgan fingerprint density at radius 1 is 1.33 bits per heavy atom. The highest BCUT2D eigenvalue weighted by Gasteiger charge is 2.46. The first kappa shape index (κ1) is 15.2. The summed E-state index contributed by atoms with van der Waals surface area (Å²) in [5.41, 5.74) is 2.78. The number of benzene rings is 1. The van der Waals surface area contributed by atoms with Crippen molar-refractivity contribution >= 4 is 17.3 Å². The van der Waals surface area contributed by atoms with Crippen molar-refractivity contribution in [3.63, 3.8) is 0 Å². The van der Waals surface area contributed by atoms with Crippen molar-refractivity contribution in [2.24, 2.45) is 11.8 Å². The fourth-order valence-corrected chi connectivity index (χ4v) is 3.91. The monoisotopic (exact) mass is 306 g/mol. The lowest BCUT2D eigenvalue weighted by atomic mass is 9.87. The molecule has 3 rings (SSSR count). The van der Waals surface area contributed by atoms with Gasteiger partial charge in [-0.15, -0.1) is 0 Å². The number of nitrogens with one attached hydrogen (secondary N) is 1. The van der Waals surface area contributed by atoms with Crippen LogP contribution in [0.25, 0.3) is 0 Å². The van der Waals surface area contributed by atoms with E-state index >= 15 is 0 Å². The van der Waals surface area contributed by atoms with Crippen molar-refractivity contribution < 1.29 is 0 Å². The fraction of sp³-hybridized carbons (Fsp3) is 0.667. The Bertz CT molecular complexity index is 524. The molecule has 1 aromatic carbocycles. The molecular formula is C18H27ClN2. The quantitative estimate of drug-likeness (QED) is 0.898. The molecule has 2 unspecified atom stereocenters. The Balaban J connectivity index is 1.95. The van der Waals surface area contributed by atoms with Crippen molar-refractivity contribution in [3.8, 4) is 0 Å². The summed E-state index contributed by atoms with van der Waals surface area (Å²) in [4.78, 5) is 2.61. The van der Waals surface area contributed by atoms with Gasteiger partial charge in [0.1, 0.15) is 0 Å². The smallest absolute Gasteiger partial charge is 0.0455 e. The molecular weight excluding hydrogens is 280 g/mol. The lowest BCUT2D eigenvalue weighted by molar-refractivity contribution is 0.233. The zero-order chi connectivity index (χ0) is 15.2. The van der Waals surface area contributed by atoms with E-state index in [1.165, 1.54) is 24.1 Å². The van der Waals surface area contributed by atoms with Gasteiger partial charge in [-0.1, -0.05) is 31.5 Å². The first-order chi connectivity index (χ1) is 9.92. The molecule has 0 bridgehead atoms. The molecule has 1 saturated heterocycles. The van der Waals surface area contributed by atoms with Gasteiger partial charge in [0.05, 0.1) is 0 Å². The van der Waals surface area contributed by atoms with E-state index in [1.807, 2.05) is 6.07 Å². The average Bonchev–Trinajstić information content (AvgIpc) is 3.26. The van der Waals surface area contributed by atoms with Gasteiger partial charge >= 0.3 is 0 Å². The van der Waals surface area contributed by atoms with Gasteiger partial charge in [-0.05, 0) is 56.2 Å². The molecule has 0 aromatic heterocycles. The normalized spacial score (nSPS) is 30.0. The standard InChI is InChI=1S/C18H27ClN2/c1-12(2)17-10-20-18(4,14-8-9-14)11-21(17)16-7-5-6-15(19)13(16)3/h5-7,12,14,17,20H,8-11H2,1-4H3. The molecule has 2 nitrogen and oxygen atoms in total. The fourth-order valence-electron chi connectivity index (χ4n) is 3.74. The minimum atomic E-state index is 0.250. The minimum absolute atomic E-state index is 0.250.